The van der Waals surface area contributed by atoms with E-state index >= 15 is 0 Å². The van der Waals surface area contributed by atoms with Gasteiger partial charge in [-0.2, -0.15) is 0 Å². The molecular formula is C20H27N3O3. The van der Waals surface area contributed by atoms with Crippen molar-refractivity contribution in [1.29, 1.82) is 0 Å². The number of likely N-dealkylation sites (N-methyl/N-ethyl adjacent to an activating group) is 1. The fraction of sp³-hybridized carbons (Fsp3) is 0.500. The zero-order chi connectivity index (χ0) is 18.5. The van der Waals surface area contributed by atoms with E-state index in [4.69, 9.17) is 4.74 Å². The first-order chi connectivity index (χ1) is 12.6. The number of hydrogen-bond acceptors (Lipinski definition) is 5. The smallest absolute Gasteiger partial charge is 0.414 e. The van der Waals surface area contributed by atoms with Gasteiger partial charge in [0.05, 0.1) is 6.04 Å². The highest BCUT2D eigenvalue weighted by Gasteiger charge is 2.38. The first kappa shape index (κ1) is 18.5. The minimum Gasteiger partial charge on any atom is -0.448 e. The first-order valence-electron chi connectivity index (χ1n) is 9.38. The molecule has 2 aliphatic heterocycles. The van der Waals surface area contributed by atoms with Gasteiger partial charge in [-0.3, -0.25) is 9.69 Å². The fourth-order valence-corrected chi connectivity index (χ4v) is 3.55. The Morgan fingerprint density at radius 3 is 2.65 bits per heavy atom. The first-order valence-corrected chi connectivity index (χ1v) is 9.38. The van der Waals surface area contributed by atoms with E-state index in [2.05, 4.69) is 24.1 Å². The maximum absolute atomic E-state index is 12.6. The summed E-state index contributed by atoms with van der Waals surface area (Å²) in [4.78, 5) is 29.0. The van der Waals surface area contributed by atoms with Crippen LogP contribution in [-0.4, -0.2) is 60.5 Å². The van der Waals surface area contributed by atoms with Crippen molar-refractivity contribution in [2.75, 3.05) is 32.8 Å². The number of benzene rings is 1. The van der Waals surface area contributed by atoms with Gasteiger partial charge in [0, 0.05) is 42.9 Å². The van der Waals surface area contributed by atoms with E-state index in [0.29, 0.717) is 25.1 Å². The monoisotopic (exact) mass is 357 g/mol. The Kier molecular flexibility index (Phi) is 5.93. The quantitative estimate of drug-likeness (QED) is 0.760. The SMILES string of the molecule is CCN(CC)CCOC(=O)N1CCC2=C1CC(C(=O)c1ccccc1)N2. The van der Waals surface area contributed by atoms with Gasteiger partial charge >= 0.3 is 6.09 Å². The topological polar surface area (TPSA) is 61.9 Å². The van der Waals surface area contributed by atoms with Gasteiger partial charge in [-0.25, -0.2) is 4.79 Å². The maximum atomic E-state index is 12.6. The third kappa shape index (κ3) is 3.90. The number of carbonyl (C=O) groups is 2. The largest absolute Gasteiger partial charge is 0.448 e. The van der Waals surface area contributed by atoms with Crippen LogP contribution in [0.4, 0.5) is 4.79 Å². The van der Waals surface area contributed by atoms with Gasteiger partial charge in [0.2, 0.25) is 0 Å². The maximum Gasteiger partial charge on any atom is 0.414 e. The average Bonchev–Trinajstić information content (AvgIpc) is 3.26. The number of amides is 1. The van der Waals surface area contributed by atoms with Crippen LogP contribution in [0.2, 0.25) is 0 Å². The molecule has 0 spiro atoms. The lowest BCUT2D eigenvalue weighted by molar-refractivity contribution is 0.0931. The van der Waals surface area contributed by atoms with Crippen molar-refractivity contribution in [2.24, 2.45) is 0 Å². The Morgan fingerprint density at radius 2 is 1.96 bits per heavy atom. The highest BCUT2D eigenvalue weighted by molar-refractivity contribution is 6.00. The van der Waals surface area contributed by atoms with Crippen LogP contribution in [0.5, 0.6) is 0 Å². The lowest BCUT2D eigenvalue weighted by Gasteiger charge is -2.22. The van der Waals surface area contributed by atoms with Gasteiger partial charge in [0.25, 0.3) is 0 Å². The zero-order valence-electron chi connectivity index (χ0n) is 15.5. The normalized spacial score (nSPS) is 18.9. The van der Waals surface area contributed by atoms with Crippen LogP contribution in [-0.2, 0) is 4.74 Å². The van der Waals surface area contributed by atoms with E-state index in [1.54, 1.807) is 4.90 Å². The molecule has 0 aliphatic carbocycles. The van der Waals surface area contributed by atoms with Gasteiger partial charge in [0.1, 0.15) is 6.61 Å². The van der Waals surface area contributed by atoms with Gasteiger partial charge < -0.3 is 15.0 Å². The van der Waals surface area contributed by atoms with Crippen molar-refractivity contribution in [2.45, 2.75) is 32.7 Å². The minimum atomic E-state index is -0.309. The highest BCUT2D eigenvalue weighted by Crippen LogP contribution is 2.32. The summed E-state index contributed by atoms with van der Waals surface area (Å²) in [5.74, 6) is 0.0647. The van der Waals surface area contributed by atoms with E-state index < -0.39 is 0 Å². The molecule has 1 amide bonds. The fourth-order valence-electron chi connectivity index (χ4n) is 3.55. The van der Waals surface area contributed by atoms with Crippen LogP contribution in [0.3, 0.4) is 0 Å². The lowest BCUT2D eigenvalue weighted by Crippen LogP contribution is -2.36. The number of nitrogens with zero attached hydrogens (tertiary/aromatic N) is 2. The molecule has 0 saturated heterocycles. The Morgan fingerprint density at radius 1 is 1.23 bits per heavy atom. The molecule has 1 unspecified atom stereocenters. The predicted molar refractivity (Wildman–Crippen MR) is 99.8 cm³/mol. The Hall–Kier alpha value is -2.34. The number of ether oxygens (including phenoxy) is 1. The molecule has 1 N–H and O–H groups in total. The Balaban J connectivity index is 1.54. The molecule has 2 aliphatic rings. The van der Waals surface area contributed by atoms with E-state index in [9.17, 15) is 9.59 Å². The highest BCUT2D eigenvalue weighted by atomic mass is 16.6. The van der Waals surface area contributed by atoms with E-state index in [1.807, 2.05) is 30.3 Å². The van der Waals surface area contributed by atoms with Crippen molar-refractivity contribution in [1.82, 2.24) is 15.1 Å². The van der Waals surface area contributed by atoms with Crippen LogP contribution in [0.15, 0.2) is 41.7 Å². The molecule has 1 atom stereocenters. The van der Waals surface area contributed by atoms with Crippen molar-refractivity contribution >= 4 is 11.9 Å². The molecule has 0 fully saturated rings. The molecule has 1 aromatic rings. The predicted octanol–water partition coefficient (Wildman–Crippen LogP) is 2.63. The second-order valence-electron chi connectivity index (χ2n) is 6.60. The molecule has 6 heteroatoms. The molecule has 2 heterocycles. The third-order valence-electron chi connectivity index (χ3n) is 5.13. The van der Waals surface area contributed by atoms with Crippen molar-refractivity contribution in [3.63, 3.8) is 0 Å². The number of hydrogen-bond donors (Lipinski definition) is 1. The summed E-state index contributed by atoms with van der Waals surface area (Å²) >= 11 is 0. The summed E-state index contributed by atoms with van der Waals surface area (Å²) in [5.41, 5.74) is 2.60. The lowest BCUT2D eigenvalue weighted by atomic mass is 10.0. The summed E-state index contributed by atoms with van der Waals surface area (Å²) in [7, 11) is 0. The number of carbonyl (C=O) groups excluding carboxylic acids is 2. The van der Waals surface area contributed by atoms with Crippen molar-refractivity contribution in [3.8, 4) is 0 Å². The molecule has 26 heavy (non-hydrogen) atoms. The summed E-state index contributed by atoms with van der Waals surface area (Å²) in [6, 6.07) is 8.98. The number of ketones is 1. The Bertz CT molecular complexity index is 683. The van der Waals surface area contributed by atoms with Gasteiger partial charge in [-0.1, -0.05) is 44.2 Å². The molecule has 0 bridgehead atoms. The molecule has 0 aromatic heterocycles. The van der Waals surface area contributed by atoms with Crippen LogP contribution in [0.1, 0.15) is 37.0 Å². The van der Waals surface area contributed by atoms with E-state index in [0.717, 1.165) is 37.4 Å². The molecule has 1 aromatic carbocycles. The summed E-state index contributed by atoms with van der Waals surface area (Å²) in [6.45, 7) is 7.83. The molecule has 0 saturated carbocycles. The number of nitrogens with one attached hydrogen (secondary N) is 1. The van der Waals surface area contributed by atoms with Crippen LogP contribution >= 0.6 is 0 Å². The molecular weight excluding hydrogens is 330 g/mol. The second kappa shape index (κ2) is 8.36. The second-order valence-corrected chi connectivity index (χ2v) is 6.60. The van der Waals surface area contributed by atoms with Gasteiger partial charge in [-0.15, -0.1) is 0 Å². The van der Waals surface area contributed by atoms with E-state index in [-0.39, 0.29) is 17.9 Å². The molecule has 6 nitrogen and oxygen atoms in total. The molecule has 140 valence electrons. The van der Waals surface area contributed by atoms with Crippen molar-refractivity contribution < 1.29 is 14.3 Å². The number of Topliss-reactive ketones (excluding diaryl/α,β-unsaturated/α-hetero) is 1. The van der Waals surface area contributed by atoms with E-state index in [1.165, 1.54) is 0 Å². The molecule has 0 radical (unpaired) electrons. The van der Waals surface area contributed by atoms with Crippen LogP contribution in [0.25, 0.3) is 0 Å². The van der Waals surface area contributed by atoms with Crippen LogP contribution < -0.4 is 5.32 Å². The Labute approximate surface area is 154 Å². The van der Waals surface area contributed by atoms with Gasteiger partial charge in [-0.05, 0) is 13.1 Å². The average molecular weight is 357 g/mol. The summed E-state index contributed by atoms with van der Waals surface area (Å²) < 4.78 is 5.45. The van der Waals surface area contributed by atoms with Crippen LogP contribution in [0, 0.1) is 0 Å². The molecule has 3 rings (SSSR count). The minimum absolute atomic E-state index is 0.0647. The summed E-state index contributed by atoms with van der Waals surface area (Å²) in [5, 5.41) is 3.30. The summed E-state index contributed by atoms with van der Waals surface area (Å²) in [6.07, 6.45) is 0.976. The zero-order valence-corrected chi connectivity index (χ0v) is 15.5. The van der Waals surface area contributed by atoms with Crippen molar-refractivity contribution in [3.05, 3.63) is 47.3 Å². The number of rotatable bonds is 7. The van der Waals surface area contributed by atoms with Gasteiger partial charge in [0.15, 0.2) is 5.78 Å². The third-order valence-corrected chi connectivity index (χ3v) is 5.13. The standard InChI is InChI=1S/C20H27N3O3/c1-3-22(4-2)12-13-26-20(25)23-11-10-16-18(23)14-17(21-16)19(24)15-8-6-5-7-9-15/h5-9,17,21H,3-4,10-14H2,1-2H3.